The van der Waals surface area contributed by atoms with E-state index in [4.69, 9.17) is 11.5 Å². The lowest BCUT2D eigenvalue weighted by molar-refractivity contribution is 0.361. The van der Waals surface area contributed by atoms with Crippen LogP contribution < -0.4 is 16.2 Å². The highest BCUT2D eigenvalue weighted by Crippen LogP contribution is 2.19. The van der Waals surface area contributed by atoms with Crippen LogP contribution in [-0.4, -0.2) is 20.5 Å². The van der Waals surface area contributed by atoms with E-state index < -0.39 is 10.0 Å². The SMILES string of the molecule is Nc1ccc(S(=O)(=O)NC2CCCCC2N)cc1. The fourth-order valence-corrected chi connectivity index (χ4v) is 3.54. The fourth-order valence-electron chi connectivity index (χ4n) is 2.22. The molecular weight excluding hydrogens is 250 g/mol. The maximum absolute atomic E-state index is 12.1. The van der Waals surface area contributed by atoms with Crippen molar-refractivity contribution < 1.29 is 8.42 Å². The maximum atomic E-state index is 12.1. The zero-order chi connectivity index (χ0) is 13.2. The summed E-state index contributed by atoms with van der Waals surface area (Å²) >= 11 is 0. The maximum Gasteiger partial charge on any atom is 0.240 e. The fraction of sp³-hybridized carbons (Fsp3) is 0.500. The van der Waals surface area contributed by atoms with Crippen molar-refractivity contribution in [2.45, 2.75) is 42.7 Å². The topological polar surface area (TPSA) is 98.2 Å². The number of rotatable bonds is 3. The van der Waals surface area contributed by atoms with E-state index in [0.29, 0.717) is 5.69 Å². The van der Waals surface area contributed by atoms with Gasteiger partial charge in [0.05, 0.1) is 4.90 Å². The van der Waals surface area contributed by atoms with Gasteiger partial charge in [-0.25, -0.2) is 13.1 Å². The Bertz CT molecular complexity index is 499. The summed E-state index contributed by atoms with van der Waals surface area (Å²) in [4.78, 5) is 0.231. The number of nitrogen functional groups attached to an aromatic ring is 1. The van der Waals surface area contributed by atoms with Crippen molar-refractivity contribution in [2.75, 3.05) is 5.73 Å². The number of nitrogens with one attached hydrogen (secondary N) is 1. The second-order valence-corrected chi connectivity index (χ2v) is 6.46. The normalized spacial score (nSPS) is 24.9. The van der Waals surface area contributed by atoms with Gasteiger partial charge in [0, 0.05) is 17.8 Å². The lowest BCUT2D eigenvalue weighted by atomic mass is 9.92. The molecule has 1 fully saturated rings. The smallest absolute Gasteiger partial charge is 0.240 e. The van der Waals surface area contributed by atoms with Gasteiger partial charge in [0.2, 0.25) is 10.0 Å². The standard InChI is InChI=1S/C12H19N3O2S/c13-9-5-7-10(8-6-9)18(16,17)15-12-4-2-1-3-11(12)14/h5-8,11-12,15H,1-4,13-14H2. The summed E-state index contributed by atoms with van der Waals surface area (Å²) in [6.45, 7) is 0. The molecule has 0 saturated heterocycles. The van der Waals surface area contributed by atoms with Gasteiger partial charge in [0.25, 0.3) is 0 Å². The van der Waals surface area contributed by atoms with Gasteiger partial charge in [-0.05, 0) is 37.1 Å². The third-order valence-corrected chi connectivity index (χ3v) is 4.82. The van der Waals surface area contributed by atoms with Gasteiger partial charge in [-0.1, -0.05) is 12.8 Å². The highest BCUT2D eigenvalue weighted by molar-refractivity contribution is 7.89. The predicted molar refractivity (Wildman–Crippen MR) is 71.4 cm³/mol. The van der Waals surface area contributed by atoms with Gasteiger partial charge in [0.15, 0.2) is 0 Å². The van der Waals surface area contributed by atoms with Crippen LogP contribution in [0.5, 0.6) is 0 Å². The summed E-state index contributed by atoms with van der Waals surface area (Å²) in [5, 5.41) is 0. The van der Waals surface area contributed by atoms with Crippen LogP contribution in [0.15, 0.2) is 29.2 Å². The van der Waals surface area contributed by atoms with Crippen LogP contribution in [-0.2, 0) is 10.0 Å². The van der Waals surface area contributed by atoms with E-state index in [9.17, 15) is 8.42 Å². The van der Waals surface area contributed by atoms with Gasteiger partial charge in [-0.3, -0.25) is 0 Å². The minimum Gasteiger partial charge on any atom is -0.399 e. The van der Waals surface area contributed by atoms with E-state index in [1.165, 1.54) is 12.1 Å². The number of hydrogen-bond donors (Lipinski definition) is 3. The van der Waals surface area contributed by atoms with Crippen molar-refractivity contribution in [2.24, 2.45) is 5.73 Å². The molecule has 0 aliphatic heterocycles. The Kier molecular flexibility index (Phi) is 3.89. The first kappa shape index (κ1) is 13.3. The summed E-state index contributed by atoms with van der Waals surface area (Å²) < 4.78 is 27.0. The molecule has 6 heteroatoms. The lowest BCUT2D eigenvalue weighted by Gasteiger charge is -2.29. The molecule has 0 aromatic heterocycles. The van der Waals surface area contributed by atoms with Crippen molar-refractivity contribution in [1.82, 2.24) is 4.72 Å². The first-order valence-corrected chi connectivity index (χ1v) is 7.61. The largest absolute Gasteiger partial charge is 0.399 e. The number of nitrogens with two attached hydrogens (primary N) is 2. The number of benzene rings is 1. The summed E-state index contributed by atoms with van der Waals surface area (Å²) in [6, 6.07) is 5.91. The highest BCUT2D eigenvalue weighted by Gasteiger charge is 2.26. The van der Waals surface area contributed by atoms with Crippen LogP contribution in [0.4, 0.5) is 5.69 Å². The predicted octanol–water partition coefficient (Wildman–Crippen LogP) is 0.817. The third-order valence-electron chi connectivity index (χ3n) is 3.32. The van der Waals surface area contributed by atoms with Crippen LogP contribution in [0.1, 0.15) is 25.7 Å². The number of anilines is 1. The quantitative estimate of drug-likeness (QED) is 0.707. The van der Waals surface area contributed by atoms with Crippen molar-refractivity contribution in [3.05, 3.63) is 24.3 Å². The van der Waals surface area contributed by atoms with E-state index >= 15 is 0 Å². The van der Waals surface area contributed by atoms with Crippen LogP contribution in [0.25, 0.3) is 0 Å². The van der Waals surface area contributed by atoms with Crippen molar-refractivity contribution in [3.8, 4) is 0 Å². The zero-order valence-electron chi connectivity index (χ0n) is 10.2. The Hall–Kier alpha value is -1.11. The molecule has 5 N–H and O–H groups in total. The Labute approximate surface area is 108 Å². The molecule has 1 aliphatic carbocycles. The molecule has 2 atom stereocenters. The first-order chi connectivity index (χ1) is 8.49. The van der Waals surface area contributed by atoms with Crippen molar-refractivity contribution in [3.63, 3.8) is 0 Å². The van der Waals surface area contributed by atoms with Gasteiger partial charge in [-0.15, -0.1) is 0 Å². The molecule has 2 unspecified atom stereocenters. The molecule has 0 spiro atoms. The Balaban J connectivity index is 2.13. The summed E-state index contributed by atoms with van der Waals surface area (Å²) in [6.07, 6.45) is 3.76. The molecule has 0 radical (unpaired) electrons. The molecule has 1 aromatic rings. The zero-order valence-corrected chi connectivity index (χ0v) is 11.0. The molecule has 2 rings (SSSR count). The van der Waals surface area contributed by atoms with Crippen LogP contribution in [0.2, 0.25) is 0 Å². The van der Waals surface area contributed by atoms with Crippen LogP contribution >= 0.6 is 0 Å². The van der Waals surface area contributed by atoms with E-state index in [1.54, 1.807) is 12.1 Å². The van der Waals surface area contributed by atoms with Gasteiger partial charge >= 0.3 is 0 Å². The van der Waals surface area contributed by atoms with Gasteiger partial charge in [-0.2, -0.15) is 0 Å². The van der Waals surface area contributed by atoms with Gasteiger partial charge in [0.1, 0.15) is 0 Å². The summed E-state index contributed by atoms with van der Waals surface area (Å²) in [5.74, 6) is 0. The highest BCUT2D eigenvalue weighted by atomic mass is 32.2. The molecule has 0 bridgehead atoms. The molecule has 0 heterocycles. The Morgan fingerprint density at radius 2 is 1.72 bits per heavy atom. The van der Waals surface area contributed by atoms with Crippen LogP contribution in [0, 0.1) is 0 Å². The number of sulfonamides is 1. The Morgan fingerprint density at radius 3 is 2.33 bits per heavy atom. The first-order valence-electron chi connectivity index (χ1n) is 6.12. The molecule has 1 saturated carbocycles. The van der Waals surface area contributed by atoms with Crippen LogP contribution in [0.3, 0.4) is 0 Å². The molecule has 100 valence electrons. The molecule has 18 heavy (non-hydrogen) atoms. The van der Waals surface area contributed by atoms with Gasteiger partial charge < -0.3 is 11.5 Å². The van der Waals surface area contributed by atoms with E-state index in [-0.39, 0.29) is 17.0 Å². The molecule has 1 aliphatic rings. The van der Waals surface area contributed by atoms with E-state index in [2.05, 4.69) is 4.72 Å². The van der Waals surface area contributed by atoms with Crippen molar-refractivity contribution in [1.29, 1.82) is 0 Å². The molecule has 5 nitrogen and oxygen atoms in total. The Morgan fingerprint density at radius 1 is 1.11 bits per heavy atom. The average Bonchev–Trinajstić information content (AvgIpc) is 2.32. The molecular formula is C12H19N3O2S. The molecule has 1 aromatic carbocycles. The second-order valence-electron chi connectivity index (χ2n) is 4.75. The van der Waals surface area contributed by atoms with E-state index in [1.807, 2.05) is 0 Å². The summed E-state index contributed by atoms with van der Waals surface area (Å²) in [7, 11) is -3.50. The minimum atomic E-state index is -3.50. The second kappa shape index (κ2) is 5.26. The van der Waals surface area contributed by atoms with Crippen molar-refractivity contribution >= 4 is 15.7 Å². The third kappa shape index (κ3) is 3.01. The lowest BCUT2D eigenvalue weighted by Crippen LogP contribution is -2.49. The monoisotopic (exact) mass is 269 g/mol. The molecule has 0 amide bonds. The summed E-state index contributed by atoms with van der Waals surface area (Å²) in [5.41, 5.74) is 12.0. The average molecular weight is 269 g/mol. The number of hydrogen-bond acceptors (Lipinski definition) is 4. The van der Waals surface area contributed by atoms with E-state index in [0.717, 1.165) is 25.7 Å². The minimum absolute atomic E-state index is 0.0951.